The highest BCUT2D eigenvalue weighted by atomic mass is 32.1. The Kier molecular flexibility index (Phi) is 4.32. The van der Waals surface area contributed by atoms with Crippen LogP contribution < -0.4 is 15.9 Å². The average molecular weight is 370 g/mol. The molecule has 136 valence electrons. The van der Waals surface area contributed by atoms with E-state index in [2.05, 4.69) is 10.2 Å². The van der Waals surface area contributed by atoms with Gasteiger partial charge in [0, 0.05) is 27.2 Å². The first kappa shape index (κ1) is 16.9. The van der Waals surface area contributed by atoms with Crippen molar-refractivity contribution in [1.29, 1.82) is 0 Å². The summed E-state index contributed by atoms with van der Waals surface area (Å²) in [4.78, 5) is 27.9. The topological polar surface area (TPSA) is 59.3 Å². The normalized spacial score (nSPS) is 14.8. The molecule has 0 atom stereocenters. The molecule has 1 aliphatic heterocycles. The molecule has 3 heterocycles. The molecular formula is C19H22N4O2S. The molecule has 0 saturated carbocycles. The van der Waals surface area contributed by atoms with E-state index in [0.717, 1.165) is 48.3 Å². The smallest absolute Gasteiger partial charge is 0.328 e. The molecule has 1 fully saturated rings. The van der Waals surface area contributed by atoms with Gasteiger partial charge < -0.3 is 10.2 Å². The van der Waals surface area contributed by atoms with Gasteiger partial charge in [-0.25, -0.2) is 4.79 Å². The Hall–Kier alpha value is -2.54. The van der Waals surface area contributed by atoms with Crippen LogP contribution in [0.2, 0.25) is 0 Å². The number of amides is 1. The molecule has 1 aliphatic rings. The summed E-state index contributed by atoms with van der Waals surface area (Å²) in [7, 11) is 3.55. The third-order valence-corrected chi connectivity index (χ3v) is 5.95. The van der Waals surface area contributed by atoms with Gasteiger partial charge in [-0.2, -0.15) is 0 Å². The Bertz CT molecular complexity index is 1010. The van der Waals surface area contributed by atoms with Crippen LogP contribution in [0, 0.1) is 0 Å². The molecule has 1 aromatic carbocycles. The van der Waals surface area contributed by atoms with Gasteiger partial charge in [0.15, 0.2) is 0 Å². The number of fused-ring (bicyclic) bond motifs is 1. The number of nitrogens with one attached hydrogen (secondary N) is 1. The van der Waals surface area contributed by atoms with Crippen molar-refractivity contribution in [1.82, 2.24) is 9.13 Å². The highest BCUT2D eigenvalue weighted by molar-refractivity contribution is 7.12. The molecule has 2 aromatic heterocycles. The number of carbonyl (C=O) groups excluding carboxylic acids is 1. The number of carbonyl (C=O) groups is 1. The van der Waals surface area contributed by atoms with Crippen LogP contribution in [-0.4, -0.2) is 28.1 Å². The van der Waals surface area contributed by atoms with Crippen molar-refractivity contribution in [2.45, 2.75) is 19.3 Å². The number of imidazole rings is 1. The molecule has 4 rings (SSSR count). The van der Waals surface area contributed by atoms with Crippen molar-refractivity contribution in [3.05, 3.63) is 45.0 Å². The number of benzene rings is 1. The van der Waals surface area contributed by atoms with Gasteiger partial charge in [-0.15, -0.1) is 11.3 Å². The fraction of sp³-hybridized carbons (Fsp3) is 0.368. The number of aromatic nitrogens is 2. The zero-order valence-electron chi connectivity index (χ0n) is 15.0. The van der Waals surface area contributed by atoms with Crippen LogP contribution >= 0.6 is 11.3 Å². The Labute approximate surface area is 155 Å². The highest BCUT2D eigenvalue weighted by Crippen LogP contribution is 2.33. The molecule has 1 N–H and O–H groups in total. The summed E-state index contributed by atoms with van der Waals surface area (Å²) in [6.45, 7) is 1.93. The third-order valence-electron chi connectivity index (χ3n) is 5.08. The van der Waals surface area contributed by atoms with E-state index in [4.69, 9.17) is 0 Å². The molecule has 0 bridgehead atoms. The standard InChI is InChI=1S/C19H22N4O2S/c1-21-15-11-13(20-18(24)17-7-6-10-26-17)14(23-8-4-3-5-9-23)12-16(15)22(2)19(21)25/h6-7,10-12H,3-5,8-9H2,1-2H3,(H,20,24). The monoisotopic (exact) mass is 370 g/mol. The predicted molar refractivity (Wildman–Crippen MR) is 106 cm³/mol. The van der Waals surface area contributed by atoms with Crippen LogP contribution in [0.25, 0.3) is 11.0 Å². The van der Waals surface area contributed by atoms with Gasteiger partial charge in [0.2, 0.25) is 0 Å². The van der Waals surface area contributed by atoms with Gasteiger partial charge in [0.05, 0.1) is 27.3 Å². The third kappa shape index (κ3) is 2.82. The number of hydrogen-bond acceptors (Lipinski definition) is 4. The lowest BCUT2D eigenvalue weighted by atomic mass is 10.1. The summed E-state index contributed by atoms with van der Waals surface area (Å²) in [6.07, 6.45) is 3.52. The second-order valence-corrected chi connectivity index (χ2v) is 7.69. The summed E-state index contributed by atoms with van der Waals surface area (Å²) < 4.78 is 3.28. The summed E-state index contributed by atoms with van der Waals surface area (Å²) in [6, 6.07) is 7.64. The Morgan fingerprint density at radius 2 is 1.77 bits per heavy atom. The zero-order valence-corrected chi connectivity index (χ0v) is 15.8. The Morgan fingerprint density at radius 1 is 1.08 bits per heavy atom. The number of anilines is 2. The predicted octanol–water partition coefficient (Wildman–Crippen LogP) is 3.18. The van der Waals surface area contributed by atoms with Gasteiger partial charge >= 0.3 is 5.69 Å². The molecule has 6 nitrogen and oxygen atoms in total. The second-order valence-electron chi connectivity index (χ2n) is 6.74. The molecule has 1 saturated heterocycles. The van der Waals surface area contributed by atoms with Gasteiger partial charge in [0.1, 0.15) is 0 Å². The lowest BCUT2D eigenvalue weighted by Crippen LogP contribution is -2.30. The molecule has 1 amide bonds. The number of piperidine rings is 1. The van der Waals surface area contributed by atoms with Crippen LogP contribution in [0.4, 0.5) is 11.4 Å². The van der Waals surface area contributed by atoms with Crippen molar-refractivity contribution in [3.63, 3.8) is 0 Å². The number of hydrogen-bond donors (Lipinski definition) is 1. The summed E-state index contributed by atoms with van der Waals surface area (Å²) in [5.74, 6) is -0.112. The first-order valence-corrected chi connectivity index (χ1v) is 9.73. The highest BCUT2D eigenvalue weighted by Gasteiger charge is 2.20. The van der Waals surface area contributed by atoms with Gasteiger partial charge in [-0.3, -0.25) is 13.9 Å². The van der Waals surface area contributed by atoms with E-state index in [9.17, 15) is 9.59 Å². The Morgan fingerprint density at radius 3 is 2.42 bits per heavy atom. The number of aryl methyl sites for hydroxylation is 2. The van der Waals surface area contributed by atoms with E-state index in [1.165, 1.54) is 17.8 Å². The number of nitrogens with zero attached hydrogens (tertiary/aromatic N) is 3. The Balaban J connectivity index is 1.83. The minimum Gasteiger partial charge on any atom is -0.370 e. The second kappa shape index (κ2) is 6.64. The van der Waals surface area contributed by atoms with Crippen molar-refractivity contribution in [3.8, 4) is 0 Å². The minimum atomic E-state index is -0.112. The fourth-order valence-corrected chi connectivity index (χ4v) is 4.24. The molecule has 3 aromatic rings. The maximum atomic E-state index is 12.6. The van der Waals surface area contributed by atoms with E-state index >= 15 is 0 Å². The number of rotatable bonds is 3. The average Bonchev–Trinajstić information content (AvgIpc) is 3.27. The molecular weight excluding hydrogens is 348 g/mol. The maximum absolute atomic E-state index is 12.6. The van der Waals surface area contributed by atoms with Crippen molar-refractivity contribution in [2.24, 2.45) is 14.1 Å². The van der Waals surface area contributed by atoms with E-state index in [1.54, 1.807) is 23.2 Å². The molecule has 7 heteroatoms. The first-order chi connectivity index (χ1) is 12.6. The first-order valence-electron chi connectivity index (χ1n) is 8.85. The van der Waals surface area contributed by atoms with Gasteiger partial charge in [-0.05, 0) is 42.8 Å². The summed E-state index contributed by atoms with van der Waals surface area (Å²) in [5, 5.41) is 4.96. The molecule has 0 radical (unpaired) electrons. The largest absolute Gasteiger partial charge is 0.370 e. The van der Waals surface area contributed by atoms with E-state index in [0.29, 0.717) is 4.88 Å². The lowest BCUT2D eigenvalue weighted by molar-refractivity contribution is 0.103. The SMILES string of the molecule is Cn1c(=O)n(C)c2cc(N3CCCCC3)c(NC(=O)c3cccs3)cc21. The number of thiophene rings is 1. The van der Waals surface area contributed by atoms with Crippen LogP contribution in [0.5, 0.6) is 0 Å². The molecule has 0 spiro atoms. The van der Waals surface area contributed by atoms with E-state index < -0.39 is 0 Å². The summed E-state index contributed by atoms with van der Waals surface area (Å²) in [5.41, 5.74) is 3.39. The molecule has 0 aliphatic carbocycles. The van der Waals surface area contributed by atoms with E-state index in [1.807, 2.05) is 29.6 Å². The quantitative estimate of drug-likeness (QED) is 0.770. The van der Waals surface area contributed by atoms with Crippen LogP contribution in [0.15, 0.2) is 34.4 Å². The zero-order chi connectivity index (χ0) is 18.3. The molecule has 26 heavy (non-hydrogen) atoms. The van der Waals surface area contributed by atoms with Crippen LogP contribution in [0.3, 0.4) is 0 Å². The molecule has 0 unspecified atom stereocenters. The van der Waals surface area contributed by atoms with Crippen molar-refractivity contribution in [2.75, 3.05) is 23.3 Å². The lowest BCUT2D eigenvalue weighted by Gasteiger charge is -2.30. The van der Waals surface area contributed by atoms with E-state index in [-0.39, 0.29) is 11.6 Å². The fourth-order valence-electron chi connectivity index (χ4n) is 3.62. The van der Waals surface area contributed by atoms with Crippen LogP contribution in [0.1, 0.15) is 28.9 Å². The maximum Gasteiger partial charge on any atom is 0.328 e. The van der Waals surface area contributed by atoms with Gasteiger partial charge in [0.25, 0.3) is 5.91 Å². The van der Waals surface area contributed by atoms with Crippen LogP contribution in [-0.2, 0) is 14.1 Å². The van der Waals surface area contributed by atoms with Crippen molar-refractivity contribution < 1.29 is 4.79 Å². The van der Waals surface area contributed by atoms with Crippen molar-refractivity contribution >= 4 is 39.7 Å². The summed E-state index contributed by atoms with van der Waals surface area (Å²) >= 11 is 1.42. The minimum absolute atomic E-state index is 0.0636. The van der Waals surface area contributed by atoms with Gasteiger partial charge in [-0.1, -0.05) is 6.07 Å².